The Morgan fingerprint density at radius 2 is 1.74 bits per heavy atom. The highest BCUT2D eigenvalue weighted by atomic mass is 16.5. The molecule has 0 atom stereocenters. The molecule has 134 valence electrons. The van der Waals surface area contributed by atoms with Crippen molar-refractivity contribution in [1.82, 2.24) is 25.1 Å². The van der Waals surface area contributed by atoms with Crippen LogP contribution in [0.15, 0.2) is 58.3 Å². The van der Waals surface area contributed by atoms with Gasteiger partial charge in [0.15, 0.2) is 17.9 Å². The molecule has 1 aliphatic rings. The Kier molecular flexibility index (Phi) is 3.49. The molecule has 0 saturated heterocycles. The predicted octanol–water partition coefficient (Wildman–Crippen LogP) is 3.23. The van der Waals surface area contributed by atoms with Gasteiger partial charge in [-0.15, -0.1) is 0 Å². The van der Waals surface area contributed by atoms with Gasteiger partial charge in [0.1, 0.15) is 6.26 Å². The van der Waals surface area contributed by atoms with Crippen molar-refractivity contribution < 1.29 is 8.94 Å². The van der Waals surface area contributed by atoms with Gasteiger partial charge in [0, 0.05) is 18.0 Å². The van der Waals surface area contributed by atoms with Crippen LogP contribution in [0, 0.1) is 0 Å². The lowest BCUT2D eigenvalue weighted by Crippen LogP contribution is -2.36. The number of hydrogen-bond acceptors (Lipinski definition) is 8. The predicted molar refractivity (Wildman–Crippen MR) is 96.3 cm³/mol. The van der Waals surface area contributed by atoms with Crippen molar-refractivity contribution in [2.75, 3.05) is 5.73 Å². The Balaban J connectivity index is 1.47. The first-order valence-corrected chi connectivity index (χ1v) is 8.66. The molecule has 8 heteroatoms. The van der Waals surface area contributed by atoms with E-state index in [-0.39, 0.29) is 11.4 Å². The molecule has 0 amide bonds. The summed E-state index contributed by atoms with van der Waals surface area (Å²) in [7, 11) is 0. The number of aromatic nitrogens is 5. The second-order valence-electron chi connectivity index (χ2n) is 6.64. The fraction of sp³-hybridized carbons (Fsp3) is 0.211. The molecule has 0 radical (unpaired) electrons. The third kappa shape index (κ3) is 2.57. The number of rotatable bonds is 4. The highest BCUT2D eigenvalue weighted by Crippen LogP contribution is 2.48. The first kappa shape index (κ1) is 15.7. The average molecular weight is 360 g/mol. The van der Waals surface area contributed by atoms with Crippen LogP contribution >= 0.6 is 0 Å². The second kappa shape index (κ2) is 6.01. The first-order chi connectivity index (χ1) is 13.2. The summed E-state index contributed by atoms with van der Waals surface area (Å²) in [5.74, 6) is 1.33. The highest BCUT2D eigenvalue weighted by molar-refractivity contribution is 5.62. The standard InChI is InChI=1S/C19H16N6O2/c20-18-21-8-13(9-22-18)12-2-4-14(5-3-12)19(6-1-7-19)17-24-16(27-25-17)15-10-26-11-23-15/h2-5,8-11H,1,6-7H2,(H2,20,21,22). The SMILES string of the molecule is Nc1ncc(-c2ccc(C3(c4noc(-c5cocn5)n4)CCC3)cc2)cn1. The summed E-state index contributed by atoms with van der Waals surface area (Å²) in [6.45, 7) is 0. The Labute approximate surface area is 154 Å². The fourth-order valence-electron chi connectivity index (χ4n) is 3.48. The molecule has 5 rings (SSSR count). The number of hydrogen-bond donors (Lipinski definition) is 1. The van der Waals surface area contributed by atoms with E-state index in [0.717, 1.165) is 30.4 Å². The van der Waals surface area contributed by atoms with Gasteiger partial charge in [-0.3, -0.25) is 0 Å². The minimum atomic E-state index is -0.221. The van der Waals surface area contributed by atoms with E-state index in [4.69, 9.17) is 14.7 Å². The fourth-order valence-corrected chi connectivity index (χ4v) is 3.48. The molecule has 1 fully saturated rings. The minimum absolute atomic E-state index is 0.221. The quantitative estimate of drug-likeness (QED) is 0.589. The van der Waals surface area contributed by atoms with Crippen molar-refractivity contribution in [3.63, 3.8) is 0 Å². The van der Waals surface area contributed by atoms with Crippen molar-refractivity contribution >= 4 is 5.95 Å². The highest BCUT2D eigenvalue weighted by Gasteiger charge is 2.44. The van der Waals surface area contributed by atoms with Gasteiger partial charge in [-0.05, 0) is 24.0 Å². The van der Waals surface area contributed by atoms with E-state index in [9.17, 15) is 0 Å². The normalized spacial score (nSPS) is 15.4. The smallest absolute Gasteiger partial charge is 0.279 e. The minimum Gasteiger partial charge on any atom is -0.451 e. The molecule has 27 heavy (non-hydrogen) atoms. The summed E-state index contributed by atoms with van der Waals surface area (Å²) >= 11 is 0. The van der Waals surface area contributed by atoms with E-state index in [0.29, 0.717) is 17.4 Å². The Morgan fingerprint density at radius 1 is 0.963 bits per heavy atom. The molecule has 0 spiro atoms. The summed E-state index contributed by atoms with van der Waals surface area (Å²) in [4.78, 5) is 16.7. The molecule has 0 bridgehead atoms. The summed E-state index contributed by atoms with van der Waals surface area (Å²) in [6.07, 6.45) is 9.37. The number of benzene rings is 1. The zero-order valence-corrected chi connectivity index (χ0v) is 14.4. The van der Waals surface area contributed by atoms with Crippen LogP contribution in [0.3, 0.4) is 0 Å². The molecule has 0 unspecified atom stereocenters. The van der Waals surface area contributed by atoms with Gasteiger partial charge >= 0.3 is 0 Å². The summed E-state index contributed by atoms with van der Waals surface area (Å²) in [6, 6.07) is 8.33. The molecular weight excluding hydrogens is 344 g/mol. The number of nitrogens with two attached hydrogens (primary N) is 1. The zero-order chi connectivity index (χ0) is 18.3. The van der Waals surface area contributed by atoms with Crippen LogP contribution in [0.2, 0.25) is 0 Å². The van der Waals surface area contributed by atoms with Crippen LogP contribution in [0.1, 0.15) is 30.7 Å². The van der Waals surface area contributed by atoms with Crippen LogP contribution in [-0.2, 0) is 5.41 Å². The molecule has 4 aromatic rings. The van der Waals surface area contributed by atoms with Gasteiger partial charge < -0.3 is 14.7 Å². The Hall–Kier alpha value is -3.55. The van der Waals surface area contributed by atoms with Gasteiger partial charge in [-0.25, -0.2) is 15.0 Å². The Morgan fingerprint density at radius 3 is 2.37 bits per heavy atom. The van der Waals surface area contributed by atoms with Gasteiger partial charge in [-0.1, -0.05) is 35.8 Å². The maximum absolute atomic E-state index is 5.56. The van der Waals surface area contributed by atoms with Gasteiger partial charge in [0.05, 0.1) is 5.41 Å². The van der Waals surface area contributed by atoms with Crippen LogP contribution in [0.5, 0.6) is 0 Å². The number of nitrogens with zero attached hydrogens (tertiary/aromatic N) is 5. The molecule has 0 aliphatic heterocycles. The van der Waals surface area contributed by atoms with E-state index < -0.39 is 0 Å². The molecule has 1 saturated carbocycles. The maximum Gasteiger partial charge on any atom is 0.279 e. The van der Waals surface area contributed by atoms with Gasteiger partial charge in [0.25, 0.3) is 5.89 Å². The molecular formula is C19H16N6O2. The van der Waals surface area contributed by atoms with Crippen molar-refractivity contribution in [3.8, 4) is 22.7 Å². The molecule has 1 aromatic carbocycles. The van der Waals surface area contributed by atoms with E-state index in [1.54, 1.807) is 12.4 Å². The van der Waals surface area contributed by atoms with Crippen LogP contribution in [-0.4, -0.2) is 25.1 Å². The first-order valence-electron chi connectivity index (χ1n) is 8.66. The summed E-state index contributed by atoms with van der Waals surface area (Å²) in [5, 5.41) is 4.23. The lowest BCUT2D eigenvalue weighted by Gasteiger charge is -2.39. The third-order valence-corrected chi connectivity index (χ3v) is 5.16. The van der Waals surface area contributed by atoms with Gasteiger partial charge in [-0.2, -0.15) is 4.98 Å². The molecule has 1 aliphatic carbocycles. The monoisotopic (exact) mass is 360 g/mol. The number of nitrogen functional groups attached to an aromatic ring is 1. The van der Waals surface area contributed by atoms with Crippen LogP contribution in [0.25, 0.3) is 22.7 Å². The topological polar surface area (TPSA) is 117 Å². The molecule has 2 N–H and O–H groups in total. The van der Waals surface area contributed by atoms with E-state index in [1.807, 2.05) is 0 Å². The van der Waals surface area contributed by atoms with Crippen molar-refractivity contribution in [3.05, 3.63) is 60.7 Å². The molecule has 3 aromatic heterocycles. The maximum atomic E-state index is 5.56. The van der Waals surface area contributed by atoms with E-state index in [1.165, 1.54) is 18.2 Å². The lowest BCUT2D eigenvalue weighted by atomic mass is 9.64. The number of oxazole rings is 1. The summed E-state index contributed by atoms with van der Waals surface area (Å²) < 4.78 is 10.4. The largest absolute Gasteiger partial charge is 0.451 e. The number of anilines is 1. The summed E-state index contributed by atoms with van der Waals surface area (Å²) in [5.41, 5.74) is 9.00. The zero-order valence-electron chi connectivity index (χ0n) is 14.4. The van der Waals surface area contributed by atoms with E-state index in [2.05, 4.69) is 49.4 Å². The van der Waals surface area contributed by atoms with Crippen molar-refractivity contribution in [2.24, 2.45) is 0 Å². The molecule has 8 nitrogen and oxygen atoms in total. The van der Waals surface area contributed by atoms with Crippen molar-refractivity contribution in [2.45, 2.75) is 24.7 Å². The average Bonchev–Trinajstić information content (AvgIpc) is 3.34. The van der Waals surface area contributed by atoms with E-state index >= 15 is 0 Å². The van der Waals surface area contributed by atoms with Crippen molar-refractivity contribution in [1.29, 1.82) is 0 Å². The van der Waals surface area contributed by atoms with Crippen LogP contribution < -0.4 is 5.73 Å². The lowest BCUT2D eigenvalue weighted by molar-refractivity contribution is 0.273. The second-order valence-corrected chi connectivity index (χ2v) is 6.64. The van der Waals surface area contributed by atoms with Crippen LogP contribution in [0.4, 0.5) is 5.95 Å². The molecule has 3 heterocycles. The van der Waals surface area contributed by atoms with Gasteiger partial charge in [0.2, 0.25) is 5.95 Å². The Bertz CT molecular complexity index is 1050. The third-order valence-electron chi connectivity index (χ3n) is 5.16.